The molecule has 0 aliphatic rings. The van der Waals surface area contributed by atoms with Crippen LogP contribution in [0.4, 0.5) is 43.9 Å². The van der Waals surface area contributed by atoms with E-state index in [-0.39, 0.29) is 6.07 Å². The predicted molar refractivity (Wildman–Crippen MR) is 85.3 cm³/mol. The molecule has 2 nitrogen and oxygen atoms in total. The van der Waals surface area contributed by atoms with Gasteiger partial charge in [-0.15, -0.1) is 0 Å². The molecule has 13 heteroatoms. The first-order chi connectivity index (χ1) is 13.4. The largest absolute Gasteiger partial charge is 0.435 e. The number of rotatable bonds is 3. The zero-order valence-corrected chi connectivity index (χ0v) is 14.9. The number of amides is 1. The molecule has 0 aliphatic heterocycles. The molecule has 0 unspecified atom stereocenters. The molecule has 2 N–H and O–H groups in total. The van der Waals surface area contributed by atoms with Crippen molar-refractivity contribution >= 4 is 17.5 Å². The van der Waals surface area contributed by atoms with Crippen LogP contribution in [-0.4, -0.2) is 18.3 Å². The van der Waals surface area contributed by atoms with Gasteiger partial charge in [-0.1, -0.05) is 29.8 Å². The second-order valence-electron chi connectivity index (χ2n) is 5.94. The van der Waals surface area contributed by atoms with Gasteiger partial charge in [-0.2, -0.15) is 39.5 Å². The lowest BCUT2D eigenvalue weighted by molar-refractivity contribution is -0.348. The third-order valence-corrected chi connectivity index (χ3v) is 4.33. The van der Waals surface area contributed by atoms with Crippen LogP contribution in [-0.2, 0) is 11.8 Å². The highest BCUT2D eigenvalue weighted by Gasteiger charge is 2.73. The van der Waals surface area contributed by atoms with Gasteiger partial charge in [-0.25, -0.2) is 4.39 Å². The zero-order chi connectivity index (χ0) is 23.3. The summed E-state index contributed by atoms with van der Waals surface area (Å²) < 4.78 is 133. The number of halogens is 11. The van der Waals surface area contributed by atoms with E-state index in [0.717, 1.165) is 18.2 Å². The number of hydrogen-bond donors (Lipinski definition) is 1. The fourth-order valence-electron chi connectivity index (χ4n) is 2.71. The first kappa shape index (κ1) is 23.8. The highest BCUT2D eigenvalue weighted by molar-refractivity contribution is 6.34. The Morgan fingerprint density at radius 1 is 0.833 bits per heavy atom. The Balaban J connectivity index is 2.98. The summed E-state index contributed by atoms with van der Waals surface area (Å²) in [6.07, 6.45) is -18.9. The molecule has 0 saturated carbocycles. The molecule has 0 saturated heterocycles. The van der Waals surface area contributed by atoms with E-state index in [2.05, 4.69) is 0 Å². The molecule has 2 aromatic rings. The van der Waals surface area contributed by atoms with Crippen LogP contribution < -0.4 is 5.73 Å². The molecule has 0 atom stereocenters. The van der Waals surface area contributed by atoms with Gasteiger partial charge in [-0.05, 0) is 23.8 Å². The van der Waals surface area contributed by atoms with E-state index in [1.54, 1.807) is 0 Å². The minimum absolute atomic E-state index is 0.217. The molecule has 0 bridgehead atoms. The Morgan fingerprint density at radius 3 is 1.77 bits per heavy atom. The van der Waals surface area contributed by atoms with Crippen LogP contribution in [0.3, 0.4) is 0 Å². The van der Waals surface area contributed by atoms with Gasteiger partial charge in [0.05, 0.1) is 5.56 Å². The van der Waals surface area contributed by atoms with E-state index in [0.29, 0.717) is 0 Å². The fraction of sp³-hybridized carbons (Fsp3) is 0.235. The molecule has 164 valence electrons. The molecule has 2 rings (SSSR count). The van der Waals surface area contributed by atoms with E-state index in [9.17, 15) is 48.7 Å². The Bertz CT molecular complexity index is 964. The minimum Gasteiger partial charge on any atom is -0.366 e. The van der Waals surface area contributed by atoms with Crippen LogP contribution in [0, 0.1) is 0 Å². The molecule has 1 amide bonds. The molecular weight excluding hydrogens is 460 g/mol. The highest BCUT2D eigenvalue weighted by atomic mass is 35.5. The molecule has 0 fully saturated rings. The molecule has 0 aromatic heterocycles. The highest BCUT2D eigenvalue weighted by Crippen LogP contribution is 2.55. The van der Waals surface area contributed by atoms with E-state index in [1.165, 1.54) is 6.07 Å². The number of carbonyl (C=O) groups is 1. The van der Waals surface area contributed by atoms with Crippen LogP contribution >= 0.6 is 11.6 Å². The zero-order valence-electron chi connectivity index (χ0n) is 14.1. The van der Waals surface area contributed by atoms with E-state index < -0.39 is 69.0 Å². The summed E-state index contributed by atoms with van der Waals surface area (Å²) in [5.41, 5.74) is -7.90. The summed E-state index contributed by atoms with van der Waals surface area (Å²) in [6, 6.07) is 3.32. The maximum absolute atomic E-state index is 14.3. The van der Waals surface area contributed by atoms with Crippen molar-refractivity contribution in [3.63, 3.8) is 0 Å². The number of primary amides is 1. The Hall–Kier alpha value is -2.50. The fourth-order valence-corrected chi connectivity index (χ4v) is 3.03. The smallest absolute Gasteiger partial charge is 0.366 e. The first-order valence-corrected chi connectivity index (χ1v) is 7.93. The molecule has 0 aliphatic carbocycles. The van der Waals surface area contributed by atoms with Gasteiger partial charge >= 0.3 is 24.2 Å². The minimum atomic E-state index is -6.65. The van der Waals surface area contributed by atoms with Crippen LogP contribution in [0.1, 0.15) is 21.5 Å². The Kier molecular flexibility index (Phi) is 5.81. The van der Waals surface area contributed by atoms with Gasteiger partial charge in [-0.3, -0.25) is 4.79 Å². The van der Waals surface area contributed by atoms with E-state index >= 15 is 0 Å². The monoisotopic (exact) mass is 467 g/mol. The topological polar surface area (TPSA) is 43.1 Å². The molecule has 30 heavy (non-hydrogen) atoms. The van der Waals surface area contributed by atoms with Crippen molar-refractivity contribution in [1.29, 1.82) is 0 Å². The van der Waals surface area contributed by atoms with Crippen LogP contribution in [0.5, 0.6) is 0 Å². The lowest BCUT2D eigenvalue weighted by atomic mass is 9.87. The van der Waals surface area contributed by atoms with Crippen molar-refractivity contribution in [1.82, 2.24) is 0 Å². The number of alkyl halides is 10. The number of nitrogens with two attached hydrogens (primary N) is 1. The SMILES string of the molecule is NC(=O)c1ccccc1-c1c(Cl)cc(C(F)(C(F)(F)F)C(F)(F)F)cc1C(F)(F)F. The summed E-state index contributed by atoms with van der Waals surface area (Å²) in [5, 5.41) is -1.30. The van der Waals surface area contributed by atoms with Gasteiger partial charge < -0.3 is 5.73 Å². The average molecular weight is 468 g/mol. The second kappa shape index (κ2) is 7.33. The summed E-state index contributed by atoms with van der Waals surface area (Å²) in [5.74, 6) is -1.25. The molecule has 0 heterocycles. The lowest BCUT2D eigenvalue weighted by Gasteiger charge is -2.31. The van der Waals surface area contributed by atoms with Crippen molar-refractivity contribution in [2.45, 2.75) is 24.2 Å². The standard InChI is InChI=1S/C17H8ClF10NO/c18-11-6-7(14(19,16(23,24)25)17(26,27)28)5-10(15(20,21)22)12(11)8-3-1-2-4-9(8)13(29)30/h1-6H,(H2,29,30). The van der Waals surface area contributed by atoms with Gasteiger partial charge in [0.15, 0.2) is 0 Å². The van der Waals surface area contributed by atoms with Crippen molar-refractivity contribution in [3.05, 3.63) is 58.1 Å². The Labute approximate surface area is 166 Å². The maximum Gasteiger partial charge on any atom is 0.435 e. The average Bonchev–Trinajstić information content (AvgIpc) is 2.57. The van der Waals surface area contributed by atoms with Crippen LogP contribution in [0.15, 0.2) is 36.4 Å². The quantitative estimate of drug-likeness (QED) is 0.521. The first-order valence-electron chi connectivity index (χ1n) is 7.55. The van der Waals surface area contributed by atoms with E-state index in [1.807, 2.05) is 0 Å². The summed E-state index contributed by atoms with van der Waals surface area (Å²) in [4.78, 5) is 11.5. The molecule has 2 aromatic carbocycles. The molecular formula is C17H8ClF10NO. The summed E-state index contributed by atoms with van der Waals surface area (Å²) in [7, 11) is 0. The summed E-state index contributed by atoms with van der Waals surface area (Å²) >= 11 is 5.60. The number of benzene rings is 2. The maximum atomic E-state index is 14.3. The van der Waals surface area contributed by atoms with E-state index in [4.69, 9.17) is 17.3 Å². The van der Waals surface area contributed by atoms with Crippen LogP contribution in [0.2, 0.25) is 5.02 Å². The lowest BCUT2D eigenvalue weighted by Crippen LogP contribution is -2.50. The number of hydrogen-bond acceptors (Lipinski definition) is 1. The third kappa shape index (κ3) is 3.92. The Morgan fingerprint density at radius 2 is 1.33 bits per heavy atom. The van der Waals surface area contributed by atoms with Crippen molar-refractivity contribution < 1.29 is 48.7 Å². The second-order valence-corrected chi connectivity index (χ2v) is 6.35. The predicted octanol–water partition coefficient (Wildman–Crippen LogP) is 6.41. The molecule has 0 radical (unpaired) electrons. The van der Waals surface area contributed by atoms with Crippen molar-refractivity contribution in [2.24, 2.45) is 5.73 Å². The summed E-state index contributed by atoms with van der Waals surface area (Å²) in [6.45, 7) is 0. The normalized spacial score (nSPS) is 13.4. The van der Waals surface area contributed by atoms with Crippen molar-refractivity contribution in [2.75, 3.05) is 0 Å². The van der Waals surface area contributed by atoms with Crippen LogP contribution in [0.25, 0.3) is 11.1 Å². The number of carbonyl (C=O) groups excluding carboxylic acids is 1. The van der Waals surface area contributed by atoms with Crippen molar-refractivity contribution in [3.8, 4) is 11.1 Å². The van der Waals surface area contributed by atoms with Gasteiger partial charge in [0.2, 0.25) is 5.91 Å². The third-order valence-electron chi connectivity index (χ3n) is 4.04. The van der Waals surface area contributed by atoms with Gasteiger partial charge in [0.1, 0.15) is 0 Å². The van der Waals surface area contributed by atoms with Gasteiger partial charge in [0.25, 0.3) is 0 Å². The molecule has 0 spiro atoms. The van der Waals surface area contributed by atoms with Gasteiger partial charge in [0, 0.05) is 21.7 Å².